The van der Waals surface area contributed by atoms with Crippen LogP contribution in [0.5, 0.6) is 0 Å². The molecule has 0 aliphatic rings. The van der Waals surface area contributed by atoms with Crippen molar-refractivity contribution < 1.29 is 17.9 Å². The quantitative estimate of drug-likeness (QED) is 0.644. The van der Waals surface area contributed by atoms with Crippen molar-refractivity contribution in [2.45, 2.75) is 11.8 Å². The Hall–Kier alpha value is -0.950. The van der Waals surface area contributed by atoms with Gasteiger partial charge in [0.1, 0.15) is 0 Å². The second-order valence-electron chi connectivity index (χ2n) is 3.91. The van der Waals surface area contributed by atoms with Gasteiger partial charge >= 0.3 is 0 Å². The lowest BCUT2D eigenvalue weighted by Crippen LogP contribution is -2.34. The van der Waals surface area contributed by atoms with Crippen LogP contribution in [0.15, 0.2) is 35.2 Å². The highest BCUT2D eigenvalue weighted by atomic mass is 32.2. The highest BCUT2D eigenvalue weighted by Gasteiger charge is 2.22. The van der Waals surface area contributed by atoms with Crippen LogP contribution in [0.4, 0.5) is 0 Å². The zero-order valence-electron chi connectivity index (χ0n) is 11.4. The molecule has 0 bridgehead atoms. The number of hydrogen-bond donors (Lipinski definition) is 0. The molecule has 0 amide bonds. The van der Waals surface area contributed by atoms with E-state index in [2.05, 4.69) is 0 Å². The van der Waals surface area contributed by atoms with Crippen molar-refractivity contribution in [3.05, 3.63) is 30.3 Å². The SMILES string of the molecule is CCN(CCOCCOC)S(=O)(=O)c1ccccc1. The maximum atomic E-state index is 12.3. The maximum absolute atomic E-state index is 12.3. The molecular weight excluding hydrogens is 266 g/mol. The second kappa shape index (κ2) is 8.27. The fourth-order valence-electron chi connectivity index (χ4n) is 1.60. The Morgan fingerprint density at radius 2 is 1.79 bits per heavy atom. The Morgan fingerprint density at radius 1 is 1.11 bits per heavy atom. The second-order valence-corrected chi connectivity index (χ2v) is 5.85. The largest absolute Gasteiger partial charge is 0.382 e. The van der Waals surface area contributed by atoms with E-state index in [9.17, 15) is 8.42 Å². The fourth-order valence-corrected chi connectivity index (χ4v) is 3.05. The van der Waals surface area contributed by atoms with Gasteiger partial charge in [-0.3, -0.25) is 0 Å². The molecule has 1 aromatic rings. The summed E-state index contributed by atoms with van der Waals surface area (Å²) in [5, 5.41) is 0. The summed E-state index contributed by atoms with van der Waals surface area (Å²) in [6.07, 6.45) is 0. The minimum absolute atomic E-state index is 0.314. The van der Waals surface area contributed by atoms with Crippen LogP contribution in [-0.2, 0) is 19.5 Å². The Balaban J connectivity index is 2.59. The van der Waals surface area contributed by atoms with E-state index < -0.39 is 10.0 Å². The van der Waals surface area contributed by atoms with Crippen LogP contribution in [-0.4, -0.2) is 52.7 Å². The monoisotopic (exact) mass is 287 g/mol. The van der Waals surface area contributed by atoms with Crippen molar-refractivity contribution in [1.29, 1.82) is 0 Å². The smallest absolute Gasteiger partial charge is 0.243 e. The summed E-state index contributed by atoms with van der Waals surface area (Å²) in [7, 11) is -1.82. The fraction of sp³-hybridized carbons (Fsp3) is 0.538. The number of likely N-dealkylation sites (N-methyl/N-ethyl adjacent to an activating group) is 1. The van der Waals surface area contributed by atoms with Crippen molar-refractivity contribution in [3.8, 4) is 0 Å². The molecule has 1 rings (SSSR count). The Labute approximate surface area is 115 Å². The molecule has 0 aliphatic carbocycles. The highest BCUT2D eigenvalue weighted by Crippen LogP contribution is 2.14. The van der Waals surface area contributed by atoms with E-state index >= 15 is 0 Å². The van der Waals surface area contributed by atoms with E-state index in [1.54, 1.807) is 37.4 Å². The van der Waals surface area contributed by atoms with E-state index in [0.717, 1.165) is 0 Å². The number of methoxy groups -OCH3 is 1. The summed E-state index contributed by atoms with van der Waals surface area (Å²) in [6, 6.07) is 8.43. The van der Waals surface area contributed by atoms with Crippen LogP contribution in [0.3, 0.4) is 0 Å². The van der Waals surface area contributed by atoms with Gasteiger partial charge in [0.25, 0.3) is 0 Å². The van der Waals surface area contributed by atoms with Crippen LogP contribution >= 0.6 is 0 Å². The van der Waals surface area contributed by atoms with Crippen LogP contribution in [0.1, 0.15) is 6.92 Å². The van der Waals surface area contributed by atoms with Gasteiger partial charge in [0.05, 0.1) is 24.7 Å². The average molecular weight is 287 g/mol. The molecule has 0 aromatic heterocycles. The molecule has 0 spiro atoms. The molecule has 0 radical (unpaired) electrons. The number of ether oxygens (including phenoxy) is 2. The number of benzene rings is 1. The standard InChI is InChI=1S/C13H21NO4S/c1-3-14(9-10-18-12-11-17-2)19(15,16)13-7-5-4-6-8-13/h4-8H,3,9-12H2,1-2H3. The van der Waals surface area contributed by atoms with Crippen LogP contribution in [0, 0.1) is 0 Å². The number of sulfonamides is 1. The third kappa shape index (κ3) is 4.91. The Morgan fingerprint density at radius 3 is 2.37 bits per heavy atom. The van der Waals surface area contributed by atoms with Gasteiger partial charge in [0.15, 0.2) is 0 Å². The van der Waals surface area contributed by atoms with Gasteiger partial charge in [0, 0.05) is 20.2 Å². The first-order valence-electron chi connectivity index (χ1n) is 6.24. The van der Waals surface area contributed by atoms with Gasteiger partial charge in [-0.1, -0.05) is 25.1 Å². The summed E-state index contributed by atoms with van der Waals surface area (Å²) >= 11 is 0. The Bertz CT molecular complexity index is 447. The lowest BCUT2D eigenvalue weighted by atomic mass is 10.4. The van der Waals surface area contributed by atoms with Gasteiger partial charge < -0.3 is 9.47 Å². The van der Waals surface area contributed by atoms with Gasteiger partial charge in [-0.2, -0.15) is 4.31 Å². The van der Waals surface area contributed by atoms with Gasteiger partial charge in [-0.15, -0.1) is 0 Å². The van der Waals surface area contributed by atoms with E-state index in [-0.39, 0.29) is 0 Å². The molecule has 0 fully saturated rings. The van der Waals surface area contributed by atoms with Gasteiger partial charge in [0.2, 0.25) is 10.0 Å². The zero-order chi connectivity index (χ0) is 14.1. The van der Waals surface area contributed by atoms with Gasteiger partial charge in [-0.05, 0) is 12.1 Å². The molecule has 0 heterocycles. The Kier molecular flexibility index (Phi) is 7.01. The minimum Gasteiger partial charge on any atom is -0.382 e. The summed E-state index contributed by atoms with van der Waals surface area (Å²) in [5.41, 5.74) is 0. The highest BCUT2D eigenvalue weighted by molar-refractivity contribution is 7.89. The van der Waals surface area contributed by atoms with E-state index in [1.807, 2.05) is 6.92 Å². The molecular formula is C13H21NO4S. The molecule has 6 heteroatoms. The first-order valence-corrected chi connectivity index (χ1v) is 7.68. The molecule has 108 valence electrons. The van der Waals surface area contributed by atoms with Crippen molar-refractivity contribution >= 4 is 10.0 Å². The maximum Gasteiger partial charge on any atom is 0.243 e. The van der Waals surface area contributed by atoms with Crippen molar-refractivity contribution in [1.82, 2.24) is 4.31 Å². The lowest BCUT2D eigenvalue weighted by Gasteiger charge is -2.20. The average Bonchev–Trinajstić information content (AvgIpc) is 2.43. The van der Waals surface area contributed by atoms with Gasteiger partial charge in [-0.25, -0.2) is 8.42 Å². The normalized spacial score (nSPS) is 11.9. The lowest BCUT2D eigenvalue weighted by molar-refractivity contribution is 0.0661. The van der Waals surface area contributed by atoms with E-state index in [1.165, 1.54) is 4.31 Å². The molecule has 0 N–H and O–H groups in total. The third-order valence-electron chi connectivity index (χ3n) is 2.65. The molecule has 5 nitrogen and oxygen atoms in total. The third-order valence-corrected chi connectivity index (χ3v) is 4.64. The van der Waals surface area contributed by atoms with Crippen molar-refractivity contribution in [2.24, 2.45) is 0 Å². The number of hydrogen-bond acceptors (Lipinski definition) is 4. The topological polar surface area (TPSA) is 55.8 Å². The first kappa shape index (κ1) is 16.1. The molecule has 0 aliphatic heterocycles. The predicted octanol–water partition coefficient (Wildman–Crippen LogP) is 1.36. The number of rotatable bonds is 9. The van der Waals surface area contributed by atoms with E-state index in [0.29, 0.717) is 37.8 Å². The molecule has 0 atom stereocenters. The molecule has 19 heavy (non-hydrogen) atoms. The zero-order valence-corrected chi connectivity index (χ0v) is 12.2. The van der Waals surface area contributed by atoms with Crippen molar-refractivity contribution in [2.75, 3.05) is 40.0 Å². The van der Waals surface area contributed by atoms with Crippen molar-refractivity contribution in [3.63, 3.8) is 0 Å². The van der Waals surface area contributed by atoms with E-state index in [4.69, 9.17) is 9.47 Å². The summed E-state index contributed by atoms with van der Waals surface area (Å²) in [4.78, 5) is 0.314. The first-order chi connectivity index (χ1) is 9.12. The molecule has 0 saturated heterocycles. The van der Waals surface area contributed by atoms with Crippen LogP contribution in [0.25, 0.3) is 0 Å². The van der Waals surface area contributed by atoms with Crippen LogP contribution < -0.4 is 0 Å². The summed E-state index contributed by atoms with van der Waals surface area (Å²) in [6.45, 7) is 3.93. The molecule has 0 unspecified atom stereocenters. The van der Waals surface area contributed by atoms with Crippen LogP contribution in [0.2, 0.25) is 0 Å². The molecule has 0 saturated carbocycles. The molecule has 1 aromatic carbocycles. The summed E-state index contributed by atoms with van der Waals surface area (Å²) < 4.78 is 36.2. The minimum atomic E-state index is -3.42. The summed E-state index contributed by atoms with van der Waals surface area (Å²) in [5.74, 6) is 0. The predicted molar refractivity (Wildman–Crippen MR) is 73.6 cm³/mol. The number of nitrogens with zero attached hydrogens (tertiary/aromatic N) is 1.